The van der Waals surface area contributed by atoms with Crippen LogP contribution in [0.1, 0.15) is 65.9 Å². The van der Waals surface area contributed by atoms with E-state index in [2.05, 4.69) is 29.3 Å². The van der Waals surface area contributed by atoms with Crippen LogP contribution < -0.4 is 10.1 Å². The van der Waals surface area contributed by atoms with E-state index in [1.165, 1.54) is 5.56 Å². The van der Waals surface area contributed by atoms with E-state index in [0.717, 1.165) is 98.8 Å². The van der Waals surface area contributed by atoms with Crippen LogP contribution in [0.4, 0.5) is 0 Å². The number of pyridine rings is 1. The summed E-state index contributed by atoms with van der Waals surface area (Å²) in [4.78, 5) is 35.0. The van der Waals surface area contributed by atoms with Gasteiger partial charge in [0.15, 0.2) is 0 Å². The summed E-state index contributed by atoms with van der Waals surface area (Å²) in [5.41, 5.74) is 8.56. The molecular formula is C41H42Cl2N4O4S. The van der Waals surface area contributed by atoms with Crippen LogP contribution in [0.3, 0.4) is 0 Å². The van der Waals surface area contributed by atoms with Crippen molar-refractivity contribution in [1.29, 1.82) is 0 Å². The molecule has 3 aromatic carbocycles. The fourth-order valence-corrected chi connectivity index (χ4v) is 9.27. The summed E-state index contributed by atoms with van der Waals surface area (Å²) in [6.45, 7) is 4.32. The Hall–Kier alpha value is -4.02. The summed E-state index contributed by atoms with van der Waals surface area (Å²) in [5.74, 6) is 0.0323. The summed E-state index contributed by atoms with van der Waals surface area (Å²) in [5, 5.41) is 14.7. The quantitative estimate of drug-likeness (QED) is 0.131. The number of benzene rings is 3. The van der Waals surface area contributed by atoms with Crippen molar-refractivity contribution in [3.8, 4) is 28.0 Å². The first kappa shape index (κ1) is 36.3. The Balaban J connectivity index is 1.10. The molecule has 2 aliphatic heterocycles. The van der Waals surface area contributed by atoms with E-state index in [-0.39, 0.29) is 17.9 Å². The lowest BCUT2D eigenvalue weighted by molar-refractivity contribution is -0.143. The van der Waals surface area contributed by atoms with Gasteiger partial charge in [0.1, 0.15) is 16.3 Å². The van der Waals surface area contributed by atoms with Crippen molar-refractivity contribution in [2.75, 3.05) is 20.2 Å². The molecule has 1 amide bonds. The number of aliphatic carboxylic acids is 1. The second-order valence-electron chi connectivity index (χ2n) is 13.9. The van der Waals surface area contributed by atoms with Crippen LogP contribution in [0.25, 0.3) is 32.5 Å². The summed E-state index contributed by atoms with van der Waals surface area (Å²) < 4.78 is 6.96. The van der Waals surface area contributed by atoms with Crippen LogP contribution in [-0.2, 0) is 29.0 Å². The molecule has 2 aromatic heterocycles. The van der Waals surface area contributed by atoms with Crippen LogP contribution in [0.5, 0.6) is 5.75 Å². The zero-order valence-electron chi connectivity index (χ0n) is 29.4. The lowest BCUT2D eigenvalue weighted by Gasteiger charge is -2.29. The zero-order chi connectivity index (χ0) is 36.4. The largest absolute Gasteiger partial charge is 0.496 e. The van der Waals surface area contributed by atoms with E-state index < -0.39 is 5.97 Å². The standard InChI is InChI=1S/C41H42Cl2N4O4S/c1-24-20-27(22-34(51-2)29(24)8-4-7-28-12-13-36(48)45-28)30-9-5-11-32(39(30)43)31-10-3-6-26(38(31)42)21-33-40-35(14-17-44-33)52-37(46-40)23-47-18-15-25(16-19-47)41(49)50/h3,5-6,9-11,14,17,20,22,25,28H,4,7-8,12-13,15-16,18-19,21,23H2,1-2H3,(H,45,48)(H,49,50)/t28-/m1/s1. The van der Waals surface area contributed by atoms with Crippen LogP contribution in [0.15, 0.2) is 60.8 Å². The second kappa shape index (κ2) is 15.9. The highest BCUT2D eigenvalue weighted by molar-refractivity contribution is 7.18. The number of hydrogen-bond acceptors (Lipinski definition) is 7. The van der Waals surface area contributed by atoms with Gasteiger partial charge in [-0.1, -0.05) is 65.7 Å². The highest BCUT2D eigenvalue weighted by atomic mass is 35.5. The van der Waals surface area contributed by atoms with E-state index >= 15 is 0 Å². The first-order chi connectivity index (χ1) is 25.2. The van der Waals surface area contributed by atoms with Crippen LogP contribution in [0, 0.1) is 12.8 Å². The number of thiazole rings is 1. The first-order valence-electron chi connectivity index (χ1n) is 17.9. The summed E-state index contributed by atoms with van der Waals surface area (Å²) in [6, 6.07) is 18.6. The molecule has 0 bridgehead atoms. The predicted octanol–water partition coefficient (Wildman–Crippen LogP) is 9.14. The number of likely N-dealkylation sites (tertiary alicyclic amines) is 1. The maximum absolute atomic E-state index is 11.6. The number of ether oxygens (including phenoxy) is 1. The van der Waals surface area contributed by atoms with Crippen molar-refractivity contribution >= 4 is 56.6 Å². The number of hydrogen-bond donors (Lipinski definition) is 2. The Kier molecular flexibility index (Phi) is 11.1. The number of amides is 1. The molecule has 52 heavy (non-hydrogen) atoms. The van der Waals surface area contributed by atoms with Gasteiger partial charge in [0.2, 0.25) is 5.91 Å². The number of aromatic nitrogens is 2. The van der Waals surface area contributed by atoms with Gasteiger partial charge in [0, 0.05) is 41.8 Å². The normalized spacial score (nSPS) is 16.8. The van der Waals surface area contributed by atoms with Gasteiger partial charge in [0.05, 0.1) is 40.0 Å². The Morgan fingerprint density at radius 2 is 1.79 bits per heavy atom. The van der Waals surface area contributed by atoms with Crippen molar-refractivity contribution in [2.45, 2.75) is 70.9 Å². The minimum Gasteiger partial charge on any atom is -0.496 e. The molecule has 8 nitrogen and oxygen atoms in total. The zero-order valence-corrected chi connectivity index (χ0v) is 31.7. The minimum atomic E-state index is -0.700. The first-order valence-corrected chi connectivity index (χ1v) is 19.5. The number of carbonyl (C=O) groups excluding carboxylic acids is 1. The molecule has 5 aromatic rings. The fraction of sp³-hybridized carbons (Fsp3) is 0.366. The van der Waals surface area contributed by atoms with E-state index in [9.17, 15) is 14.7 Å². The molecule has 0 unspecified atom stereocenters. The summed E-state index contributed by atoms with van der Waals surface area (Å²) in [6.07, 6.45) is 8.00. The molecule has 2 N–H and O–H groups in total. The molecule has 270 valence electrons. The number of aryl methyl sites for hydroxylation is 1. The average molecular weight is 758 g/mol. The maximum atomic E-state index is 11.6. The Morgan fingerprint density at radius 3 is 2.52 bits per heavy atom. The van der Waals surface area contributed by atoms with Gasteiger partial charge in [-0.15, -0.1) is 11.3 Å². The number of piperidine rings is 1. The Bertz CT molecular complexity index is 2130. The molecule has 11 heteroatoms. The van der Waals surface area contributed by atoms with Crippen molar-refractivity contribution in [3.05, 3.63) is 98.2 Å². The molecule has 0 aliphatic carbocycles. The number of halogens is 2. The topological polar surface area (TPSA) is 105 Å². The number of carboxylic acid groups (broad SMARTS) is 1. The van der Waals surface area contributed by atoms with Crippen molar-refractivity contribution < 1.29 is 19.4 Å². The van der Waals surface area contributed by atoms with Crippen molar-refractivity contribution in [2.24, 2.45) is 5.92 Å². The third-order valence-corrected chi connectivity index (χ3v) is 12.3. The van der Waals surface area contributed by atoms with Crippen LogP contribution in [0.2, 0.25) is 10.0 Å². The number of nitrogens with zero attached hydrogens (tertiary/aromatic N) is 3. The lowest BCUT2D eigenvalue weighted by Crippen LogP contribution is -2.35. The Labute approximate surface area is 318 Å². The van der Waals surface area contributed by atoms with E-state index in [1.54, 1.807) is 18.4 Å². The molecule has 2 aliphatic rings. The third kappa shape index (κ3) is 7.83. The van der Waals surface area contributed by atoms with E-state index in [1.807, 2.05) is 48.7 Å². The van der Waals surface area contributed by atoms with Crippen LogP contribution in [-0.4, -0.2) is 58.1 Å². The van der Waals surface area contributed by atoms with Gasteiger partial charge < -0.3 is 15.2 Å². The summed E-state index contributed by atoms with van der Waals surface area (Å²) in [7, 11) is 1.71. The molecule has 7 rings (SSSR count). The van der Waals surface area contributed by atoms with Gasteiger partial charge in [-0.3, -0.25) is 19.5 Å². The number of methoxy groups -OCH3 is 1. The Morgan fingerprint density at radius 1 is 1.04 bits per heavy atom. The minimum absolute atomic E-state index is 0.152. The molecule has 0 saturated carbocycles. The number of carbonyl (C=O) groups is 2. The SMILES string of the molecule is COc1cc(-c2cccc(-c3cccc(Cc4nccc5sc(CN6CCC(C(=O)O)CC6)nc45)c3Cl)c2Cl)cc(C)c1CCC[C@@H]1CCC(=O)N1. The fourth-order valence-electron chi connectivity index (χ4n) is 7.61. The number of fused-ring (bicyclic) bond motifs is 1. The number of rotatable bonds is 12. The van der Waals surface area contributed by atoms with Crippen molar-refractivity contribution in [3.63, 3.8) is 0 Å². The number of carboxylic acids is 1. The van der Waals surface area contributed by atoms with Gasteiger partial charge >= 0.3 is 5.97 Å². The molecule has 4 heterocycles. The number of nitrogens with one attached hydrogen (secondary N) is 1. The molecule has 2 saturated heterocycles. The average Bonchev–Trinajstić information content (AvgIpc) is 3.75. The molecular weight excluding hydrogens is 715 g/mol. The summed E-state index contributed by atoms with van der Waals surface area (Å²) >= 11 is 16.1. The monoisotopic (exact) mass is 756 g/mol. The van der Waals surface area contributed by atoms with Gasteiger partial charge in [-0.25, -0.2) is 4.98 Å². The lowest BCUT2D eigenvalue weighted by atomic mass is 9.93. The second-order valence-corrected chi connectivity index (χ2v) is 15.8. The third-order valence-electron chi connectivity index (χ3n) is 10.5. The van der Waals surface area contributed by atoms with Gasteiger partial charge in [-0.2, -0.15) is 0 Å². The van der Waals surface area contributed by atoms with Gasteiger partial charge in [0.25, 0.3) is 0 Å². The predicted molar refractivity (Wildman–Crippen MR) is 209 cm³/mol. The van der Waals surface area contributed by atoms with Crippen LogP contribution >= 0.6 is 34.5 Å². The van der Waals surface area contributed by atoms with Crippen molar-refractivity contribution in [1.82, 2.24) is 20.2 Å². The highest BCUT2D eigenvalue weighted by Gasteiger charge is 2.26. The van der Waals surface area contributed by atoms with Gasteiger partial charge in [-0.05, 0) is 92.9 Å². The molecule has 0 radical (unpaired) electrons. The molecule has 0 spiro atoms. The highest BCUT2D eigenvalue weighted by Crippen LogP contribution is 2.42. The molecule has 1 atom stereocenters. The van der Waals surface area contributed by atoms with E-state index in [4.69, 9.17) is 37.9 Å². The smallest absolute Gasteiger partial charge is 0.306 e. The molecule has 2 fully saturated rings. The maximum Gasteiger partial charge on any atom is 0.306 e. The van der Waals surface area contributed by atoms with E-state index in [0.29, 0.717) is 42.3 Å².